The van der Waals surface area contributed by atoms with E-state index in [1.54, 1.807) is 36.9 Å². The minimum atomic E-state index is -2.71. The first-order valence-corrected chi connectivity index (χ1v) is 8.96. The van der Waals surface area contributed by atoms with E-state index in [0.29, 0.717) is 35.7 Å². The number of hydrogen-bond donors (Lipinski definition) is 0. The molecule has 1 aliphatic heterocycles. The highest BCUT2D eigenvalue weighted by molar-refractivity contribution is 6.30. The molecule has 0 aromatic carbocycles. The Labute approximate surface area is 159 Å². The van der Waals surface area contributed by atoms with Gasteiger partial charge in [0, 0.05) is 30.7 Å². The maximum atomic E-state index is 13.3. The van der Waals surface area contributed by atoms with Gasteiger partial charge in [0.25, 0.3) is 12.0 Å². The van der Waals surface area contributed by atoms with Crippen molar-refractivity contribution in [3.63, 3.8) is 0 Å². The number of aromatic nitrogens is 3. The van der Waals surface area contributed by atoms with E-state index in [1.165, 1.54) is 6.07 Å². The molecule has 0 saturated heterocycles. The fourth-order valence-corrected chi connectivity index (χ4v) is 3.84. The van der Waals surface area contributed by atoms with E-state index in [4.69, 9.17) is 11.6 Å². The van der Waals surface area contributed by atoms with Gasteiger partial charge in [-0.15, -0.1) is 0 Å². The molecule has 0 bridgehead atoms. The zero-order valence-electron chi connectivity index (χ0n) is 14.8. The van der Waals surface area contributed by atoms with E-state index < -0.39 is 6.43 Å². The Hall–Kier alpha value is -2.54. The quantitative estimate of drug-likeness (QED) is 0.612. The van der Waals surface area contributed by atoms with Crippen LogP contribution in [0, 0.1) is 6.92 Å². The molecule has 3 aromatic rings. The lowest BCUT2D eigenvalue weighted by Crippen LogP contribution is -2.27. The predicted molar refractivity (Wildman–Crippen MR) is 101 cm³/mol. The molecule has 27 heavy (non-hydrogen) atoms. The van der Waals surface area contributed by atoms with Crippen LogP contribution in [0.3, 0.4) is 0 Å². The zero-order valence-corrected chi connectivity index (χ0v) is 15.6. The van der Waals surface area contributed by atoms with Crippen molar-refractivity contribution in [3.8, 4) is 0 Å². The Bertz CT molecular complexity index is 1110. The van der Waals surface area contributed by atoms with E-state index >= 15 is 0 Å². The molecule has 0 radical (unpaired) electrons. The largest absolute Gasteiger partial charge is 0.324 e. The molecule has 0 amide bonds. The van der Waals surface area contributed by atoms with E-state index in [9.17, 15) is 13.6 Å². The number of fused-ring (bicyclic) bond motifs is 2. The van der Waals surface area contributed by atoms with Gasteiger partial charge in [0.2, 0.25) is 0 Å². The molecule has 140 valence electrons. The van der Waals surface area contributed by atoms with Crippen molar-refractivity contribution in [1.29, 1.82) is 0 Å². The summed E-state index contributed by atoms with van der Waals surface area (Å²) in [7, 11) is 1.71. The average Bonchev–Trinajstić information content (AvgIpc) is 2.64. The van der Waals surface area contributed by atoms with Crippen molar-refractivity contribution in [3.05, 3.63) is 56.7 Å². The summed E-state index contributed by atoms with van der Waals surface area (Å²) in [5.41, 5.74) is 2.24. The number of hydrogen-bond acceptors (Lipinski definition) is 4. The summed E-state index contributed by atoms with van der Waals surface area (Å²) < 4.78 is 28.2. The first kappa shape index (κ1) is 17.9. The van der Waals surface area contributed by atoms with Gasteiger partial charge in [-0.1, -0.05) is 11.6 Å². The highest BCUT2D eigenvalue weighted by atomic mass is 35.5. The Kier molecular flexibility index (Phi) is 4.34. The van der Waals surface area contributed by atoms with Crippen LogP contribution in [-0.2, 0) is 13.5 Å². The van der Waals surface area contributed by atoms with Crippen molar-refractivity contribution in [2.75, 3.05) is 11.4 Å². The highest BCUT2D eigenvalue weighted by Crippen LogP contribution is 2.39. The number of aryl methyl sites for hydroxylation is 3. The third kappa shape index (κ3) is 2.86. The van der Waals surface area contributed by atoms with Crippen LogP contribution in [0.5, 0.6) is 0 Å². The molecule has 4 rings (SSSR count). The van der Waals surface area contributed by atoms with Crippen LogP contribution in [-0.4, -0.2) is 21.1 Å². The molecule has 0 unspecified atom stereocenters. The molecule has 3 aromatic heterocycles. The SMILES string of the molecule is Cc1cc2c(N3CCCc4nc(Cl)c(C(F)F)cc43)nccc2n(C)c1=O. The van der Waals surface area contributed by atoms with Crippen LogP contribution in [0.2, 0.25) is 5.15 Å². The molecular weight excluding hydrogens is 374 g/mol. The molecular formula is C19H17ClF2N4O. The van der Waals surface area contributed by atoms with Gasteiger partial charge in [-0.25, -0.2) is 18.7 Å². The normalized spacial score (nSPS) is 14.1. The minimum Gasteiger partial charge on any atom is -0.324 e. The lowest BCUT2D eigenvalue weighted by atomic mass is 10.0. The number of halogens is 3. The summed E-state index contributed by atoms with van der Waals surface area (Å²) in [6, 6.07) is 4.98. The third-order valence-electron chi connectivity index (χ3n) is 4.95. The number of alkyl halides is 2. The molecule has 1 aliphatic rings. The Morgan fingerprint density at radius 2 is 2.07 bits per heavy atom. The van der Waals surface area contributed by atoms with E-state index in [1.807, 2.05) is 4.90 Å². The van der Waals surface area contributed by atoms with Gasteiger partial charge in [-0.2, -0.15) is 0 Å². The number of pyridine rings is 3. The molecule has 0 aliphatic carbocycles. The summed E-state index contributed by atoms with van der Waals surface area (Å²) in [4.78, 5) is 22.8. The molecule has 5 nitrogen and oxygen atoms in total. The van der Waals surface area contributed by atoms with Crippen LogP contribution in [0.4, 0.5) is 20.3 Å². The van der Waals surface area contributed by atoms with Crippen LogP contribution in [0.25, 0.3) is 10.9 Å². The standard InChI is InChI=1S/C19H17ClF2N4O/c1-10-8-11-14(25(2)19(10)27)5-6-23-18(11)26-7-3-4-13-15(26)9-12(17(21)22)16(20)24-13/h5-6,8-9,17H,3-4,7H2,1-2H3. The summed E-state index contributed by atoms with van der Waals surface area (Å²) in [6.07, 6.45) is 0.380. The van der Waals surface area contributed by atoms with Gasteiger partial charge in [-0.05, 0) is 38.0 Å². The zero-order chi connectivity index (χ0) is 19.3. The monoisotopic (exact) mass is 390 g/mol. The van der Waals surface area contributed by atoms with Crippen molar-refractivity contribution >= 4 is 34.0 Å². The second-order valence-electron chi connectivity index (χ2n) is 6.65. The Balaban J connectivity index is 1.97. The van der Waals surface area contributed by atoms with Crippen LogP contribution < -0.4 is 10.5 Å². The summed E-state index contributed by atoms with van der Waals surface area (Å²) in [6.45, 7) is 2.37. The van der Waals surface area contributed by atoms with Crippen molar-refractivity contribution in [1.82, 2.24) is 14.5 Å². The third-order valence-corrected chi connectivity index (χ3v) is 5.25. The van der Waals surface area contributed by atoms with Gasteiger partial charge in [0.05, 0.1) is 22.5 Å². The second-order valence-corrected chi connectivity index (χ2v) is 7.01. The molecule has 0 fully saturated rings. The van der Waals surface area contributed by atoms with E-state index in [-0.39, 0.29) is 16.3 Å². The summed E-state index contributed by atoms with van der Waals surface area (Å²) in [5, 5.41) is 0.633. The lowest BCUT2D eigenvalue weighted by molar-refractivity contribution is 0.151. The number of nitrogens with zero attached hydrogens (tertiary/aromatic N) is 4. The Morgan fingerprint density at radius 1 is 1.30 bits per heavy atom. The summed E-state index contributed by atoms with van der Waals surface area (Å²) >= 11 is 5.94. The molecule has 0 N–H and O–H groups in total. The summed E-state index contributed by atoms with van der Waals surface area (Å²) in [5.74, 6) is 0.622. The highest BCUT2D eigenvalue weighted by Gasteiger charge is 2.26. The van der Waals surface area contributed by atoms with Crippen molar-refractivity contribution < 1.29 is 8.78 Å². The number of rotatable bonds is 2. The molecule has 8 heteroatoms. The molecule has 0 saturated carbocycles. The van der Waals surface area contributed by atoms with Crippen molar-refractivity contribution in [2.45, 2.75) is 26.2 Å². The maximum Gasteiger partial charge on any atom is 0.266 e. The average molecular weight is 391 g/mol. The van der Waals surface area contributed by atoms with Crippen molar-refractivity contribution in [2.24, 2.45) is 7.05 Å². The lowest BCUT2D eigenvalue weighted by Gasteiger charge is -2.31. The van der Waals surface area contributed by atoms with E-state index in [2.05, 4.69) is 9.97 Å². The van der Waals surface area contributed by atoms with Gasteiger partial charge in [0.1, 0.15) is 11.0 Å². The predicted octanol–water partition coefficient (Wildman–Crippen LogP) is 4.31. The minimum absolute atomic E-state index is 0.0767. The first-order chi connectivity index (χ1) is 12.9. The van der Waals surface area contributed by atoms with Crippen LogP contribution >= 0.6 is 11.6 Å². The molecule has 0 spiro atoms. The first-order valence-electron chi connectivity index (χ1n) is 8.59. The molecule has 0 atom stereocenters. The molecule has 4 heterocycles. The van der Waals surface area contributed by atoms with Gasteiger partial charge >= 0.3 is 0 Å². The van der Waals surface area contributed by atoms with Gasteiger partial charge in [0.15, 0.2) is 0 Å². The smallest absolute Gasteiger partial charge is 0.266 e. The van der Waals surface area contributed by atoms with Gasteiger partial charge in [-0.3, -0.25) is 4.79 Å². The fraction of sp³-hybridized carbons (Fsp3) is 0.316. The van der Waals surface area contributed by atoms with E-state index in [0.717, 1.165) is 17.3 Å². The topological polar surface area (TPSA) is 51.0 Å². The van der Waals surface area contributed by atoms with Gasteiger partial charge < -0.3 is 9.47 Å². The number of anilines is 2. The maximum absolute atomic E-state index is 13.3. The Morgan fingerprint density at radius 3 is 2.81 bits per heavy atom. The van der Waals surface area contributed by atoms with Crippen LogP contribution in [0.15, 0.2) is 29.2 Å². The van der Waals surface area contributed by atoms with Crippen LogP contribution in [0.1, 0.15) is 29.7 Å². The fourth-order valence-electron chi connectivity index (χ4n) is 3.60. The second kappa shape index (κ2) is 6.56.